The van der Waals surface area contributed by atoms with E-state index in [2.05, 4.69) is 0 Å². The standard InChI is InChI=1S/C27H25NO8/c1-12-8-19(29)22-15(5-4-13-9-20(35-2)25(31)21(10-13)36-3)14-6-7-16-23(27(33)28(34)26(16)32)17(14)11-18(22)24(12)30/h4-6,8-10,15-17,23,31,34H,7,11H2,1-3H3/t15-,16-,17+,23-/m0/s1. The Morgan fingerprint density at radius 3 is 2.33 bits per heavy atom. The number of ether oxygens (including phenoxy) is 2. The maximum atomic E-state index is 13.1. The molecular formula is C27H25NO8. The van der Waals surface area contributed by atoms with E-state index in [1.165, 1.54) is 20.3 Å². The molecule has 5 rings (SSSR count). The molecule has 1 aromatic rings. The zero-order chi connectivity index (χ0) is 25.9. The number of methoxy groups -OCH3 is 2. The van der Waals surface area contributed by atoms with Gasteiger partial charge >= 0.3 is 0 Å². The van der Waals surface area contributed by atoms with E-state index < -0.39 is 35.5 Å². The number of hydroxylamine groups is 2. The van der Waals surface area contributed by atoms with Crippen LogP contribution in [0.25, 0.3) is 6.08 Å². The van der Waals surface area contributed by atoms with Gasteiger partial charge in [0.05, 0.1) is 26.1 Å². The van der Waals surface area contributed by atoms with Crippen LogP contribution in [0.15, 0.2) is 52.7 Å². The van der Waals surface area contributed by atoms with Gasteiger partial charge in [-0.3, -0.25) is 24.4 Å². The first-order chi connectivity index (χ1) is 17.2. The van der Waals surface area contributed by atoms with Crippen molar-refractivity contribution < 1.29 is 39.0 Å². The number of allylic oxidation sites excluding steroid dienone is 7. The Morgan fingerprint density at radius 2 is 1.69 bits per heavy atom. The lowest BCUT2D eigenvalue weighted by Crippen LogP contribution is -2.39. The minimum Gasteiger partial charge on any atom is -0.502 e. The molecule has 186 valence electrons. The predicted molar refractivity (Wildman–Crippen MR) is 126 cm³/mol. The lowest BCUT2D eigenvalue weighted by Gasteiger charge is -2.41. The SMILES string of the molecule is COc1cc(C=C[C@H]2C3=CC[C@@H]4C(=O)N(O)C(=O)[C@@H]4[C@@H]3CC3=C2C(=O)C=C(C)C3=O)cc(OC)c1O. The summed E-state index contributed by atoms with van der Waals surface area (Å²) in [5, 5.41) is 20.4. The summed E-state index contributed by atoms with van der Waals surface area (Å²) in [7, 11) is 2.83. The number of ketones is 2. The quantitative estimate of drug-likeness (QED) is 0.285. The van der Waals surface area contributed by atoms with E-state index in [-0.39, 0.29) is 46.7 Å². The Labute approximate surface area is 206 Å². The number of nitrogens with zero attached hydrogens (tertiary/aromatic N) is 1. The van der Waals surface area contributed by atoms with Gasteiger partial charge in [-0.15, -0.1) is 0 Å². The molecule has 0 aromatic heterocycles. The molecule has 0 saturated carbocycles. The summed E-state index contributed by atoms with van der Waals surface area (Å²) >= 11 is 0. The van der Waals surface area contributed by atoms with Gasteiger partial charge in [-0.05, 0) is 49.5 Å². The maximum absolute atomic E-state index is 13.1. The van der Waals surface area contributed by atoms with Crippen molar-refractivity contribution in [2.45, 2.75) is 19.8 Å². The van der Waals surface area contributed by atoms with Crippen LogP contribution in [0.5, 0.6) is 17.2 Å². The number of phenols is 1. The molecule has 0 radical (unpaired) electrons. The van der Waals surface area contributed by atoms with E-state index >= 15 is 0 Å². The summed E-state index contributed by atoms with van der Waals surface area (Å²) in [6.45, 7) is 1.58. The van der Waals surface area contributed by atoms with Crippen molar-refractivity contribution in [2.24, 2.45) is 23.7 Å². The first-order valence-electron chi connectivity index (χ1n) is 11.6. The van der Waals surface area contributed by atoms with Crippen LogP contribution in [0.1, 0.15) is 25.3 Å². The van der Waals surface area contributed by atoms with Gasteiger partial charge < -0.3 is 14.6 Å². The molecule has 3 aliphatic carbocycles. The molecule has 2 N–H and O–H groups in total. The number of benzene rings is 1. The summed E-state index contributed by atoms with van der Waals surface area (Å²) in [6.07, 6.45) is 7.10. The van der Waals surface area contributed by atoms with Gasteiger partial charge in [-0.25, -0.2) is 0 Å². The summed E-state index contributed by atoms with van der Waals surface area (Å²) in [5.74, 6) is -4.18. The van der Waals surface area contributed by atoms with Gasteiger partial charge in [0.1, 0.15) is 0 Å². The maximum Gasteiger partial charge on any atom is 0.257 e. The molecular weight excluding hydrogens is 466 g/mol. The third-order valence-electron chi connectivity index (χ3n) is 7.57. The highest BCUT2D eigenvalue weighted by Crippen LogP contribution is 2.52. The Hall–Kier alpha value is -3.98. The van der Waals surface area contributed by atoms with Gasteiger partial charge in [0, 0.05) is 22.6 Å². The van der Waals surface area contributed by atoms with E-state index in [1.807, 2.05) is 6.08 Å². The van der Waals surface area contributed by atoms with Crippen LogP contribution in [0.2, 0.25) is 0 Å². The van der Waals surface area contributed by atoms with Crippen molar-refractivity contribution in [3.8, 4) is 17.2 Å². The second-order valence-electron chi connectivity index (χ2n) is 9.39. The summed E-state index contributed by atoms with van der Waals surface area (Å²) in [5.41, 5.74) is 2.42. The highest BCUT2D eigenvalue weighted by Gasteiger charge is 2.55. The van der Waals surface area contributed by atoms with Crippen LogP contribution in [-0.2, 0) is 19.2 Å². The fourth-order valence-electron chi connectivity index (χ4n) is 5.86. The number of Topliss-reactive ketones (excluding diaryl/α,β-unsaturated/α-hetero) is 1. The smallest absolute Gasteiger partial charge is 0.257 e. The number of phenolic OH excluding ortho intramolecular Hbond substituents is 1. The van der Waals surface area contributed by atoms with Crippen molar-refractivity contribution in [3.05, 3.63) is 58.2 Å². The van der Waals surface area contributed by atoms with E-state index in [1.54, 1.807) is 31.2 Å². The molecule has 2 amide bonds. The second-order valence-corrected chi connectivity index (χ2v) is 9.39. The predicted octanol–water partition coefficient (Wildman–Crippen LogP) is 2.77. The third-order valence-corrected chi connectivity index (χ3v) is 7.57. The molecule has 0 spiro atoms. The number of imide groups is 1. The molecule has 1 aliphatic heterocycles. The molecule has 0 bridgehead atoms. The number of rotatable bonds is 4. The number of aromatic hydroxyl groups is 1. The second kappa shape index (κ2) is 8.60. The number of hydrogen-bond acceptors (Lipinski definition) is 8. The van der Waals surface area contributed by atoms with Crippen molar-refractivity contribution in [1.29, 1.82) is 0 Å². The highest BCUT2D eigenvalue weighted by molar-refractivity contribution is 6.23. The summed E-state index contributed by atoms with van der Waals surface area (Å²) < 4.78 is 10.5. The minimum atomic E-state index is -0.796. The van der Waals surface area contributed by atoms with Crippen molar-refractivity contribution in [1.82, 2.24) is 5.06 Å². The number of carbonyl (C=O) groups is 4. The first kappa shape index (κ1) is 23.7. The van der Waals surface area contributed by atoms with Gasteiger partial charge in [0.2, 0.25) is 5.75 Å². The fraction of sp³-hybridized carbons (Fsp3) is 0.333. The van der Waals surface area contributed by atoms with Crippen LogP contribution in [0.3, 0.4) is 0 Å². The van der Waals surface area contributed by atoms with E-state index in [9.17, 15) is 29.5 Å². The molecule has 1 heterocycles. The Kier molecular flexibility index (Phi) is 5.67. The average Bonchev–Trinajstić information content (AvgIpc) is 3.09. The largest absolute Gasteiger partial charge is 0.502 e. The third kappa shape index (κ3) is 3.42. The van der Waals surface area contributed by atoms with Crippen molar-refractivity contribution in [3.63, 3.8) is 0 Å². The molecule has 0 unspecified atom stereocenters. The molecule has 1 fully saturated rings. The van der Waals surface area contributed by atoms with Crippen LogP contribution in [-0.4, -0.2) is 53.0 Å². The number of fused-ring (bicyclic) bond motifs is 3. The van der Waals surface area contributed by atoms with Gasteiger partial charge in [0.15, 0.2) is 23.1 Å². The number of hydrogen-bond donors (Lipinski definition) is 2. The zero-order valence-corrected chi connectivity index (χ0v) is 20.0. The average molecular weight is 491 g/mol. The fourth-order valence-corrected chi connectivity index (χ4v) is 5.86. The van der Waals surface area contributed by atoms with E-state index in [4.69, 9.17) is 9.47 Å². The lowest BCUT2D eigenvalue weighted by molar-refractivity contribution is -0.173. The Balaban J connectivity index is 1.62. The zero-order valence-electron chi connectivity index (χ0n) is 20.0. The molecule has 9 heteroatoms. The lowest BCUT2D eigenvalue weighted by atomic mass is 9.60. The van der Waals surface area contributed by atoms with Crippen LogP contribution >= 0.6 is 0 Å². The van der Waals surface area contributed by atoms with E-state index in [0.717, 1.165) is 5.57 Å². The van der Waals surface area contributed by atoms with E-state index in [0.29, 0.717) is 22.3 Å². The summed E-state index contributed by atoms with van der Waals surface area (Å²) in [4.78, 5) is 51.5. The molecule has 1 saturated heterocycles. The first-order valence-corrected chi connectivity index (χ1v) is 11.6. The van der Waals surface area contributed by atoms with Crippen molar-refractivity contribution in [2.75, 3.05) is 14.2 Å². The monoisotopic (exact) mass is 491 g/mol. The number of amides is 2. The van der Waals surface area contributed by atoms with Gasteiger partial charge in [0.25, 0.3) is 11.8 Å². The Morgan fingerprint density at radius 1 is 1.03 bits per heavy atom. The normalized spacial score (nSPS) is 27.6. The van der Waals surface area contributed by atoms with Crippen LogP contribution < -0.4 is 9.47 Å². The molecule has 4 aliphatic rings. The summed E-state index contributed by atoms with van der Waals surface area (Å²) in [6, 6.07) is 3.21. The van der Waals surface area contributed by atoms with Crippen LogP contribution in [0, 0.1) is 23.7 Å². The molecule has 36 heavy (non-hydrogen) atoms. The molecule has 4 atom stereocenters. The number of carbonyl (C=O) groups excluding carboxylic acids is 4. The topological polar surface area (TPSA) is 130 Å². The minimum absolute atomic E-state index is 0.146. The molecule has 1 aromatic carbocycles. The van der Waals surface area contributed by atoms with Crippen molar-refractivity contribution >= 4 is 29.5 Å². The Bertz CT molecular complexity index is 1320. The van der Waals surface area contributed by atoms with Gasteiger partial charge in [-0.1, -0.05) is 23.8 Å². The molecule has 9 nitrogen and oxygen atoms in total. The highest BCUT2D eigenvalue weighted by atomic mass is 16.5. The van der Waals surface area contributed by atoms with Crippen LogP contribution in [0.4, 0.5) is 0 Å². The van der Waals surface area contributed by atoms with Gasteiger partial charge in [-0.2, -0.15) is 5.06 Å².